The second-order valence-corrected chi connectivity index (χ2v) is 6.36. The van der Waals surface area contributed by atoms with Crippen molar-refractivity contribution in [3.8, 4) is 0 Å². The molecule has 0 rings (SSSR count). The third-order valence-corrected chi connectivity index (χ3v) is 3.99. The topological polar surface area (TPSA) is 29.5 Å². The van der Waals surface area contributed by atoms with Gasteiger partial charge < -0.3 is 9.64 Å². The lowest BCUT2D eigenvalue weighted by atomic mass is 10.1. The fourth-order valence-electron chi connectivity index (χ4n) is 2.67. The maximum Gasteiger partial charge on any atom is 0.333 e. The molecule has 0 bridgehead atoms. The highest BCUT2D eigenvalue weighted by atomic mass is 16.5. The highest BCUT2D eigenvalue weighted by Crippen LogP contribution is 2.12. The Kier molecular flexibility index (Phi) is 13.3. The Morgan fingerprint density at radius 1 is 1.05 bits per heavy atom. The lowest BCUT2D eigenvalue weighted by molar-refractivity contribution is -0.139. The first-order valence-corrected chi connectivity index (χ1v) is 9.09. The first kappa shape index (κ1) is 21.2. The van der Waals surface area contributed by atoms with Crippen LogP contribution in [0.5, 0.6) is 0 Å². The van der Waals surface area contributed by atoms with Crippen LogP contribution in [-0.4, -0.2) is 36.6 Å². The number of rotatable bonds is 14. The number of carbonyl (C=O) groups is 1. The summed E-state index contributed by atoms with van der Waals surface area (Å²) in [6.45, 7) is 15.1. The summed E-state index contributed by atoms with van der Waals surface area (Å²) in [5.41, 5.74) is 0.484. The maximum absolute atomic E-state index is 11.2. The van der Waals surface area contributed by atoms with Gasteiger partial charge in [0.1, 0.15) is 0 Å². The molecule has 0 aromatic heterocycles. The molecule has 0 amide bonds. The summed E-state index contributed by atoms with van der Waals surface area (Å²) in [5.74, 6) is -0.263. The van der Waals surface area contributed by atoms with Crippen LogP contribution in [0.1, 0.15) is 79.1 Å². The van der Waals surface area contributed by atoms with E-state index in [0.29, 0.717) is 18.2 Å². The lowest BCUT2D eigenvalue weighted by Gasteiger charge is -2.28. The van der Waals surface area contributed by atoms with E-state index in [9.17, 15) is 4.79 Å². The van der Waals surface area contributed by atoms with Crippen LogP contribution in [0.2, 0.25) is 0 Å². The Balaban J connectivity index is 3.55. The maximum atomic E-state index is 11.2. The van der Waals surface area contributed by atoms with E-state index < -0.39 is 0 Å². The predicted octanol–water partition coefficient (Wildman–Crippen LogP) is 4.96. The molecule has 0 aromatic carbocycles. The lowest BCUT2D eigenvalue weighted by Crippen LogP contribution is -2.34. The van der Waals surface area contributed by atoms with E-state index in [0.717, 1.165) is 12.8 Å². The van der Waals surface area contributed by atoms with Crippen molar-refractivity contribution < 1.29 is 9.53 Å². The molecule has 0 saturated heterocycles. The average molecular weight is 312 g/mol. The van der Waals surface area contributed by atoms with Crippen molar-refractivity contribution in [2.75, 3.05) is 19.7 Å². The SMILES string of the molecule is C=C(C)C(=O)OCCCCCCCC(C)N(CCC)CCC. The standard InChI is InChI=1S/C19H37NO2/c1-6-14-20(15-7-2)18(5)13-11-9-8-10-12-16-22-19(21)17(3)4/h18H,3,6-16H2,1-2,4-5H3. The minimum absolute atomic E-state index is 0.263. The van der Waals surface area contributed by atoms with E-state index >= 15 is 0 Å². The van der Waals surface area contributed by atoms with Gasteiger partial charge in [0.2, 0.25) is 0 Å². The van der Waals surface area contributed by atoms with Crippen LogP contribution in [0.4, 0.5) is 0 Å². The molecule has 0 radical (unpaired) electrons. The molecule has 22 heavy (non-hydrogen) atoms. The quantitative estimate of drug-likeness (QED) is 0.258. The van der Waals surface area contributed by atoms with Gasteiger partial charge >= 0.3 is 5.97 Å². The number of ether oxygens (including phenoxy) is 1. The van der Waals surface area contributed by atoms with Gasteiger partial charge in [0.15, 0.2) is 0 Å². The first-order chi connectivity index (χ1) is 10.5. The van der Waals surface area contributed by atoms with Gasteiger partial charge in [-0.3, -0.25) is 0 Å². The number of esters is 1. The molecule has 0 aliphatic heterocycles. The fourth-order valence-corrected chi connectivity index (χ4v) is 2.67. The van der Waals surface area contributed by atoms with Crippen molar-refractivity contribution in [1.82, 2.24) is 4.90 Å². The monoisotopic (exact) mass is 311 g/mol. The molecule has 3 nitrogen and oxygen atoms in total. The normalized spacial score (nSPS) is 12.4. The van der Waals surface area contributed by atoms with E-state index in [1.807, 2.05) is 0 Å². The fraction of sp³-hybridized carbons (Fsp3) is 0.842. The van der Waals surface area contributed by atoms with Crippen LogP contribution in [-0.2, 0) is 9.53 Å². The number of hydrogen-bond acceptors (Lipinski definition) is 3. The van der Waals surface area contributed by atoms with Gasteiger partial charge in [-0.05, 0) is 52.6 Å². The molecule has 0 aliphatic carbocycles. The molecule has 0 fully saturated rings. The van der Waals surface area contributed by atoms with Crippen LogP contribution in [0.25, 0.3) is 0 Å². The third kappa shape index (κ3) is 10.8. The van der Waals surface area contributed by atoms with Crippen LogP contribution in [0.3, 0.4) is 0 Å². The number of carbonyl (C=O) groups excluding carboxylic acids is 1. The van der Waals surface area contributed by atoms with Crippen molar-refractivity contribution in [3.05, 3.63) is 12.2 Å². The van der Waals surface area contributed by atoms with Gasteiger partial charge in [-0.15, -0.1) is 0 Å². The van der Waals surface area contributed by atoms with E-state index in [1.54, 1.807) is 6.92 Å². The van der Waals surface area contributed by atoms with Crippen LogP contribution >= 0.6 is 0 Å². The van der Waals surface area contributed by atoms with E-state index in [1.165, 1.54) is 51.6 Å². The van der Waals surface area contributed by atoms with Gasteiger partial charge in [-0.1, -0.05) is 46.1 Å². The van der Waals surface area contributed by atoms with Crippen molar-refractivity contribution in [1.29, 1.82) is 0 Å². The minimum atomic E-state index is -0.263. The third-order valence-electron chi connectivity index (χ3n) is 3.99. The van der Waals surface area contributed by atoms with Gasteiger partial charge in [0, 0.05) is 11.6 Å². The molecule has 130 valence electrons. The molecular formula is C19H37NO2. The van der Waals surface area contributed by atoms with E-state index in [2.05, 4.69) is 32.3 Å². The van der Waals surface area contributed by atoms with Crippen LogP contribution < -0.4 is 0 Å². The molecule has 0 saturated carbocycles. The van der Waals surface area contributed by atoms with E-state index in [-0.39, 0.29) is 5.97 Å². The van der Waals surface area contributed by atoms with Crippen molar-refractivity contribution in [2.45, 2.75) is 85.1 Å². The molecule has 0 spiro atoms. The number of hydrogen-bond donors (Lipinski definition) is 0. The second kappa shape index (κ2) is 13.8. The summed E-state index contributed by atoms with van der Waals surface area (Å²) >= 11 is 0. The Morgan fingerprint density at radius 3 is 2.14 bits per heavy atom. The number of unbranched alkanes of at least 4 members (excludes halogenated alkanes) is 4. The second-order valence-electron chi connectivity index (χ2n) is 6.36. The summed E-state index contributed by atoms with van der Waals surface area (Å²) in [4.78, 5) is 13.8. The summed E-state index contributed by atoms with van der Waals surface area (Å²) < 4.78 is 5.09. The Labute approximate surface area is 138 Å². The summed E-state index contributed by atoms with van der Waals surface area (Å²) in [6.07, 6.45) is 9.71. The molecule has 1 unspecified atom stereocenters. The zero-order chi connectivity index (χ0) is 16.8. The molecule has 3 heteroatoms. The highest BCUT2D eigenvalue weighted by molar-refractivity contribution is 5.86. The zero-order valence-corrected chi connectivity index (χ0v) is 15.3. The van der Waals surface area contributed by atoms with Crippen LogP contribution in [0, 0.1) is 0 Å². The molecule has 0 heterocycles. The smallest absolute Gasteiger partial charge is 0.333 e. The minimum Gasteiger partial charge on any atom is -0.462 e. The predicted molar refractivity (Wildman–Crippen MR) is 95.1 cm³/mol. The van der Waals surface area contributed by atoms with Crippen LogP contribution in [0.15, 0.2) is 12.2 Å². The van der Waals surface area contributed by atoms with Gasteiger partial charge in [0.25, 0.3) is 0 Å². The van der Waals surface area contributed by atoms with Crippen molar-refractivity contribution >= 4 is 5.97 Å². The summed E-state index contributed by atoms with van der Waals surface area (Å²) in [7, 11) is 0. The first-order valence-electron chi connectivity index (χ1n) is 9.09. The highest BCUT2D eigenvalue weighted by Gasteiger charge is 2.11. The van der Waals surface area contributed by atoms with Gasteiger partial charge in [-0.25, -0.2) is 4.79 Å². The molecule has 0 N–H and O–H groups in total. The molecule has 0 aliphatic rings. The van der Waals surface area contributed by atoms with E-state index in [4.69, 9.17) is 4.74 Å². The zero-order valence-electron chi connectivity index (χ0n) is 15.3. The molecule has 1 atom stereocenters. The van der Waals surface area contributed by atoms with Gasteiger partial charge in [-0.2, -0.15) is 0 Å². The Bertz CT molecular complexity index is 296. The Morgan fingerprint density at radius 2 is 1.59 bits per heavy atom. The largest absolute Gasteiger partial charge is 0.462 e. The molecular weight excluding hydrogens is 274 g/mol. The van der Waals surface area contributed by atoms with Crippen molar-refractivity contribution in [3.63, 3.8) is 0 Å². The van der Waals surface area contributed by atoms with Gasteiger partial charge in [0.05, 0.1) is 6.61 Å². The molecule has 0 aromatic rings. The Hall–Kier alpha value is -0.830. The number of nitrogens with zero attached hydrogens (tertiary/aromatic N) is 1. The van der Waals surface area contributed by atoms with Crippen molar-refractivity contribution in [2.24, 2.45) is 0 Å². The summed E-state index contributed by atoms with van der Waals surface area (Å²) in [6, 6.07) is 0.705. The summed E-state index contributed by atoms with van der Waals surface area (Å²) in [5, 5.41) is 0. The average Bonchev–Trinajstić information content (AvgIpc) is 2.49.